The smallest absolute Gasteiger partial charge is 0.258 e. The summed E-state index contributed by atoms with van der Waals surface area (Å²) in [5.41, 5.74) is 4.63. The highest BCUT2D eigenvalue weighted by atomic mass is 16.5. The van der Waals surface area contributed by atoms with Gasteiger partial charge in [-0.2, -0.15) is 5.26 Å². The Bertz CT molecular complexity index is 806. The number of carbonyl (C=O) groups excluding carboxylic acids is 1. The molecule has 0 atom stereocenters. The molecule has 2 rings (SSSR count). The van der Waals surface area contributed by atoms with E-state index in [0.29, 0.717) is 18.7 Å². The van der Waals surface area contributed by atoms with Gasteiger partial charge in [-0.25, -0.2) is 0 Å². The van der Waals surface area contributed by atoms with Crippen LogP contribution in [0.3, 0.4) is 0 Å². The molecule has 0 fully saturated rings. The van der Waals surface area contributed by atoms with Crippen molar-refractivity contribution in [1.82, 2.24) is 0 Å². The van der Waals surface area contributed by atoms with E-state index in [-0.39, 0.29) is 12.3 Å². The van der Waals surface area contributed by atoms with E-state index >= 15 is 0 Å². The molecule has 0 saturated carbocycles. The molecule has 0 saturated heterocycles. The number of benzene rings is 2. The number of hydrogen-bond donors (Lipinski definition) is 0. The lowest BCUT2D eigenvalue weighted by atomic mass is 10.1. The highest BCUT2D eigenvalue weighted by Gasteiger charge is 2.19. The van der Waals surface area contributed by atoms with Gasteiger partial charge in [0.05, 0.1) is 19.1 Å². The molecule has 4 heteroatoms. The number of nitrogens with zero attached hydrogens (tertiary/aromatic N) is 2. The maximum Gasteiger partial charge on any atom is 0.258 e. The van der Waals surface area contributed by atoms with Crippen molar-refractivity contribution >= 4 is 11.6 Å². The van der Waals surface area contributed by atoms with Gasteiger partial charge >= 0.3 is 0 Å². The van der Waals surface area contributed by atoms with E-state index in [1.807, 2.05) is 58.0 Å². The van der Waals surface area contributed by atoms with E-state index < -0.39 is 0 Å². The summed E-state index contributed by atoms with van der Waals surface area (Å²) in [6.45, 7) is 8.87. The van der Waals surface area contributed by atoms with Crippen molar-refractivity contribution in [2.75, 3.05) is 18.1 Å². The fourth-order valence-corrected chi connectivity index (χ4v) is 2.66. The number of amides is 1. The molecule has 2 aromatic rings. The molecule has 0 aromatic heterocycles. The molecule has 1 amide bonds. The van der Waals surface area contributed by atoms with Gasteiger partial charge in [0, 0.05) is 17.8 Å². The average Bonchev–Trinajstić information content (AvgIpc) is 2.60. The molecule has 0 unspecified atom stereocenters. The molecule has 4 nitrogen and oxygen atoms in total. The monoisotopic (exact) mass is 336 g/mol. The van der Waals surface area contributed by atoms with Crippen LogP contribution in [0, 0.1) is 32.1 Å². The van der Waals surface area contributed by atoms with Crippen molar-refractivity contribution in [3.05, 3.63) is 58.7 Å². The highest BCUT2D eigenvalue weighted by Crippen LogP contribution is 2.24. The van der Waals surface area contributed by atoms with E-state index in [1.165, 1.54) is 5.56 Å². The average molecular weight is 336 g/mol. The number of anilines is 1. The first-order chi connectivity index (χ1) is 12.0. The van der Waals surface area contributed by atoms with E-state index in [0.717, 1.165) is 22.6 Å². The molecule has 25 heavy (non-hydrogen) atoms. The minimum atomic E-state index is -0.107. The van der Waals surface area contributed by atoms with Crippen molar-refractivity contribution in [1.29, 1.82) is 5.26 Å². The van der Waals surface area contributed by atoms with E-state index in [2.05, 4.69) is 6.07 Å². The largest absolute Gasteiger partial charge is 0.494 e. The summed E-state index contributed by atoms with van der Waals surface area (Å²) in [5, 5.41) is 8.95. The molecule has 0 aliphatic heterocycles. The fraction of sp³-hybridized carbons (Fsp3) is 0.333. The Labute approximate surface area is 149 Å². The molecule has 0 N–H and O–H groups in total. The van der Waals surface area contributed by atoms with Gasteiger partial charge < -0.3 is 9.64 Å². The molecule has 0 spiro atoms. The summed E-state index contributed by atoms with van der Waals surface area (Å²) in [7, 11) is 0. The first-order valence-corrected chi connectivity index (χ1v) is 8.47. The van der Waals surface area contributed by atoms with Crippen molar-refractivity contribution < 1.29 is 9.53 Å². The van der Waals surface area contributed by atoms with Gasteiger partial charge in [0.1, 0.15) is 5.75 Å². The third-order valence-corrected chi connectivity index (χ3v) is 4.22. The van der Waals surface area contributed by atoms with Crippen LogP contribution in [0.25, 0.3) is 0 Å². The van der Waals surface area contributed by atoms with Gasteiger partial charge in [0.15, 0.2) is 0 Å². The summed E-state index contributed by atoms with van der Waals surface area (Å²) >= 11 is 0. The van der Waals surface area contributed by atoms with Crippen LogP contribution in [0.5, 0.6) is 5.75 Å². The second-order valence-corrected chi connectivity index (χ2v) is 6.05. The minimum Gasteiger partial charge on any atom is -0.494 e. The molecular formula is C21H24N2O2. The zero-order valence-corrected chi connectivity index (χ0v) is 15.3. The maximum atomic E-state index is 13.0. The van der Waals surface area contributed by atoms with Gasteiger partial charge in [-0.15, -0.1) is 0 Å². The van der Waals surface area contributed by atoms with E-state index in [9.17, 15) is 4.79 Å². The number of hydrogen-bond acceptors (Lipinski definition) is 3. The van der Waals surface area contributed by atoms with Gasteiger partial charge in [0.25, 0.3) is 5.91 Å². The number of aryl methyl sites for hydroxylation is 3. The standard InChI is InChI=1S/C21H24N2O2/c1-5-25-20-10-8-18(13-17(20)4)21(24)23(12-6-11-22)19-9-7-15(2)16(3)14-19/h7-10,13-14H,5-6,12H2,1-4H3. The minimum absolute atomic E-state index is 0.107. The van der Waals surface area contributed by atoms with Crippen molar-refractivity contribution in [3.63, 3.8) is 0 Å². The predicted molar refractivity (Wildman–Crippen MR) is 100 cm³/mol. The van der Waals surface area contributed by atoms with Crippen LogP contribution in [-0.2, 0) is 0 Å². The molecule has 0 radical (unpaired) electrons. The second kappa shape index (κ2) is 8.34. The maximum absolute atomic E-state index is 13.0. The third-order valence-electron chi connectivity index (χ3n) is 4.22. The van der Waals surface area contributed by atoms with Gasteiger partial charge in [-0.05, 0) is 74.7 Å². The lowest BCUT2D eigenvalue weighted by molar-refractivity contribution is 0.0987. The van der Waals surface area contributed by atoms with Crippen LogP contribution in [0.4, 0.5) is 5.69 Å². The van der Waals surface area contributed by atoms with E-state index in [4.69, 9.17) is 10.00 Å². The molecular weight excluding hydrogens is 312 g/mol. The quantitative estimate of drug-likeness (QED) is 0.776. The van der Waals surface area contributed by atoms with Gasteiger partial charge in [0.2, 0.25) is 0 Å². The molecule has 0 bridgehead atoms. The lowest BCUT2D eigenvalue weighted by Crippen LogP contribution is -2.32. The summed E-state index contributed by atoms with van der Waals surface area (Å²) in [6.07, 6.45) is 0.286. The molecule has 0 aliphatic carbocycles. The lowest BCUT2D eigenvalue weighted by Gasteiger charge is -2.23. The van der Waals surface area contributed by atoms with Crippen molar-refractivity contribution in [2.24, 2.45) is 0 Å². The molecule has 130 valence electrons. The fourth-order valence-electron chi connectivity index (χ4n) is 2.66. The molecule has 0 aliphatic rings. The summed E-state index contributed by atoms with van der Waals surface area (Å²) < 4.78 is 5.54. The van der Waals surface area contributed by atoms with Crippen LogP contribution >= 0.6 is 0 Å². The van der Waals surface area contributed by atoms with Crippen LogP contribution in [0.1, 0.15) is 40.4 Å². The van der Waals surface area contributed by atoms with E-state index in [1.54, 1.807) is 11.0 Å². The SMILES string of the molecule is CCOc1ccc(C(=O)N(CCC#N)c2ccc(C)c(C)c2)cc1C. The normalized spacial score (nSPS) is 10.2. The Hall–Kier alpha value is -2.80. The number of ether oxygens (including phenoxy) is 1. The Morgan fingerprint density at radius 2 is 1.84 bits per heavy atom. The van der Waals surface area contributed by atoms with Crippen LogP contribution in [-0.4, -0.2) is 19.1 Å². The summed E-state index contributed by atoms with van der Waals surface area (Å²) in [6, 6.07) is 13.5. The van der Waals surface area contributed by atoms with Crippen LogP contribution in [0.15, 0.2) is 36.4 Å². The zero-order chi connectivity index (χ0) is 18.4. The predicted octanol–water partition coefficient (Wildman–Crippen LogP) is 4.57. The molecule has 2 aromatic carbocycles. The van der Waals surface area contributed by atoms with Gasteiger partial charge in [-0.1, -0.05) is 6.07 Å². The first kappa shape index (κ1) is 18.5. The zero-order valence-electron chi connectivity index (χ0n) is 15.3. The topological polar surface area (TPSA) is 53.3 Å². The number of rotatable bonds is 6. The van der Waals surface area contributed by atoms with Crippen molar-refractivity contribution in [3.8, 4) is 11.8 Å². The van der Waals surface area contributed by atoms with Crippen LogP contribution in [0.2, 0.25) is 0 Å². The number of nitriles is 1. The van der Waals surface area contributed by atoms with Crippen molar-refractivity contribution in [2.45, 2.75) is 34.1 Å². The van der Waals surface area contributed by atoms with Crippen LogP contribution < -0.4 is 9.64 Å². The molecule has 0 heterocycles. The first-order valence-electron chi connectivity index (χ1n) is 8.47. The summed E-state index contributed by atoms with van der Waals surface area (Å²) in [5.74, 6) is 0.679. The Morgan fingerprint density at radius 1 is 1.08 bits per heavy atom. The Morgan fingerprint density at radius 3 is 2.44 bits per heavy atom. The Kier molecular flexibility index (Phi) is 6.19. The summed E-state index contributed by atoms with van der Waals surface area (Å²) in [4.78, 5) is 14.7. The van der Waals surface area contributed by atoms with Gasteiger partial charge in [-0.3, -0.25) is 4.79 Å². The third kappa shape index (κ3) is 4.39. The highest BCUT2D eigenvalue weighted by molar-refractivity contribution is 6.06. The number of carbonyl (C=O) groups is 1. The second-order valence-electron chi connectivity index (χ2n) is 6.05. The Balaban J connectivity index is 2.37.